The molecule has 1 amide bonds. The minimum Gasteiger partial charge on any atom is -0.315 e. The molecule has 2 aromatic carbocycles. The number of fused-ring (bicyclic) bond motifs is 1. The fourth-order valence-electron chi connectivity index (χ4n) is 2.70. The molecule has 1 aliphatic heterocycles. The lowest BCUT2D eigenvalue weighted by molar-refractivity contribution is -0.117. The smallest absolute Gasteiger partial charge is 0.231 e. The van der Waals surface area contributed by atoms with E-state index >= 15 is 0 Å². The van der Waals surface area contributed by atoms with Gasteiger partial charge in [0, 0.05) is 17.6 Å². The summed E-state index contributed by atoms with van der Waals surface area (Å²) in [4.78, 5) is 14.9. The van der Waals surface area contributed by atoms with Crippen LogP contribution in [0.5, 0.6) is 0 Å². The van der Waals surface area contributed by atoms with Crippen LogP contribution < -0.4 is 4.90 Å². The summed E-state index contributed by atoms with van der Waals surface area (Å²) >= 11 is 5.56. The van der Waals surface area contributed by atoms with Crippen molar-refractivity contribution in [2.75, 3.05) is 18.2 Å². The summed E-state index contributed by atoms with van der Waals surface area (Å²) in [7, 11) is 1.84. The van der Waals surface area contributed by atoms with Crippen LogP contribution in [0, 0.1) is 0 Å². The third kappa shape index (κ3) is 2.62. The van der Waals surface area contributed by atoms with Crippen molar-refractivity contribution in [3.05, 3.63) is 59.2 Å². The van der Waals surface area contributed by atoms with Crippen molar-refractivity contribution in [2.24, 2.45) is 0 Å². The van der Waals surface area contributed by atoms with Crippen LogP contribution in [-0.4, -0.2) is 19.2 Å². The van der Waals surface area contributed by atoms with Crippen LogP contribution in [-0.2, 0) is 11.2 Å². The zero-order valence-electron chi connectivity index (χ0n) is 12.0. The Morgan fingerprint density at radius 3 is 2.76 bits per heavy atom. The first-order valence-electron chi connectivity index (χ1n) is 6.78. The zero-order chi connectivity index (χ0) is 15.0. The minimum absolute atomic E-state index is 0.146. The number of anilines is 1. The Bertz CT molecular complexity index is 701. The Hall–Kier alpha value is -1.26. The van der Waals surface area contributed by atoms with E-state index in [0.29, 0.717) is 6.42 Å². The molecular weight excluding hydrogens is 346 g/mol. The van der Waals surface area contributed by atoms with Gasteiger partial charge in [-0.2, -0.15) is 0 Å². The second-order valence-electron chi connectivity index (χ2n) is 5.12. The molecule has 1 unspecified atom stereocenters. The van der Waals surface area contributed by atoms with Gasteiger partial charge in [0.1, 0.15) is 0 Å². The van der Waals surface area contributed by atoms with Gasteiger partial charge in [0.05, 0.1) is 11.2 Å². The number of carbonyl (C=O) groups is 1. The standard InChI is InChI=1S/C17H16BrNOS/c1-19-14-8-7-11(9-12(14)10-16(19)20)17(18)13-5-3-4-6-15(13)21-2/h3-9,17H,10H2,1-2H3. The molecule has 2 aromatic rings. The Balaban J connectivity index is 1.98. The molecule has 0 aliphatic carbocycles. The fourth-order valence-corrected chi connectivity index (χ4v) is 4.17. The van der Waals surface area contributed by atoms with E-state index in [1.165, 1.54) is 16.0 Å². The first-order valence-corrected chi connectivity index (χ1v) is 8.92. The van der Waals surface area contributed by atoms with E-state index in [1.807, 2.05) is 13.1 Å². The van der Waals surface area contributed by atoms with Crippen molar-refractivity contribution in [1.82, 2.24) is 0 Å². The van der Waals surface area contributed by atoms with E-state index in [-0.39, 0.29) is 10.7 Å². The normalized spacial score (nSPS) is 15.2. The van der Waals surface area contributed by atoms with Gasteiger partial charge < -0.3 is 4.90 Å². The van der Waals surface area contributed by atoms with Crippen molar-refractivity contribution < 1.29 is 4.79 Å². The SMILES string of the molecule is CSc1ccccc1C(Br)c1ccc2c(c1)CC(=O)N2C. The highest BCUT2D eigenvalue weighted by Gasteiger charge is 2.25. The molecule has 0 bridgehead atoms. The van der Waals surface area contributed by atoms with Gasteiger partial charge in [-0.25, -0.2) is 0 Å². The molecule has 1 atom stereocenters. The van der Waals surface area contributed by atoms with Crippen LogP contribution in [0.2, 0.25) is 0 Å². The highest BCUT2D eigenvalue weighted by molar-refractivity contribution is 9.09. The predicted molar refractivity (Wildman–Crippen MR) is 92.5 cm³/mol. The first-order chi connectivity index (χ1) is 10.1. The van der Waals surface area contributed by atoms with E-state index < -0.39 is 0 Å². The number of halogens is 1. The lowest BCUT2D eigenvalue weighted by Crippen LogP contribution is -2.20. The molecule has 2 nitrogen and oxygen atoms in total. The topological polar surface area (TPSA) is 20.3 Å². The average molecular weight is 362 g/mol. The van der Waals surface area contributed by atoms with Gasteiger partial charge in [-0.15, -0.1) is 11.8 Å². The minimum atomic E-state index is 0.146. The van der Waals surface area contributed by atoms with E-state index in [4.69, 9.17) is 0 Å². The number of thioether (sulfide) groups is 1. The molecule has 3 rings (SSSR count). The van der Waals surface area contributed by atoms with Crippen LogP contribution in [0.3, 0.4) is 0 Å². The van der Waals surface area contributed by atoms with Crippen LogP contribution in [0.1, 0.15) is 21.5 Å². The maximum absolute atomic E-state index is 11.8. The molecule has 0 saturated heterocycles. The highest BCUT2D eigenvalue weighted by Crippen LogP contribution is 2.38. The quantitative estimate of drug-likeness (QED) is 0.595. The van der Waals surface area contributed by atoms with E-state index in [9.17, 15) is 4.79 Å². The third-order valence-electron chi connectivity index (χ3n) is 3.89. The summed E-state index contributed by atoms with van der Waals surface area (Å²) in [5, 5.41) is 0. The van der Waals surface area contributed by atoms with Crippen LogP contribution >= 0.6 is 27.7 Å². The number of carbonyl (C=O) groups excluding carboxylic acids is 1. The number of likely N-dealkylation sites (N-methyl/N-ethyl adjacent to an activating group) is 1. The van der Waals surface area contributed by atoms with E-state index in [0.717, 1.165) is 11.3 Å². The summed E-state index contributed by atoms with van der Waals surface area (Å²) < 4.78 is 0. The Labute approximate surface area is 137 Å². The second-order valence-corrected chi connectivity index (χ2v) is 6.89. The molecule has 4 heteroatoms. The van der Waals surface area contributed by atoms with Crippen molar-refractivity contribution in [3.63, 3.8) is 0 Å². The Kier molecular flexibility index (Phi) is 4.09. The molecule has 21 heavy (non-hydrogen) atoms. The lowest BCUT2D eigenvalue weighted by atomic mass is 10.0. The summed E-state index contributed by atoms with van der Waals surface area (Å²) in [6.07, 6.45) is 2.60. The lowest BCUT2D eigenvalue weighted by Gasteiger charge is -2.16. The average Bonchev–Trinajstić information content (AvgIpc) is 2.80. The monoisotopic (exact) mass is 361 g/mol. The summed E-state index contributed by atoms with van der Waals surface area (Å²) in [6, 6.07) is 14.7. The van der Waals surface area contributed by atoms with Crippen LogP contribution in [0.15, 0.2) is 47.4 Å². The van der Waals surface area contributed by atoms with Gasteiger partial charge in [0.25, 0.3) is 0 Å². The summed E-state index contributed by atoms with van der Waals surface area (Å²) in [6.45, 7) is 0. The predicted octanol–water partition coefficient (Wildman–Crippen LogP) is 4.41. The van der Waals surface area contributed by atoms with Crippen molar-refractivity contribution in [2.45, 2.75) is 16.1 Å². The molecule has 0 N–H and O–H groups in total. The molecule has 0 aromatic heterocycles. The molecule has 0 fully saturated rings. The van der Waals surface area contributed by atoms with Crippen molar-refractivity contribution >= 4 is 39.3 Å². The molecular formula is C17H16BrNOS. The van der Waals surface area contributed by atoms with Gasteiger partial charge in [-0.05, 0) is 35.1 Å². The first kappa shape index (κ1) is 14.7. The third-order valence-corrected chi connectivity index (χ3v) is 5.72. The van der Waals surface area contributed by atoms with Gasteiger partial charge in [-0.1, -0.05) is 46.3 Å². The number of benzene rings is 2. The summed E-state index contributed by atoms with van der Waals surface area (Å²) in [5.74, 6) is 0.165. The van der Waals surface area contributed by atoms with Gasteiger partial charge in [0.15, 0.2) is 0 Å². The number of rotatable bonds is 3. The van der Waals surface area contributed by atoms with Gasteiger partial charge in [-0.3, -0.25) is 4.79 Å². The second kappa shape index (κ2) is 5.85. The number of amides is 1. The maximum Gasteiger partial charge on any atom is 0.231 e. The van der Waals surface area contributed by atoms with E-state index in [2.05, 4.69) is 58.6 Å². The summed E-state index contributed by atoms with van der Waals surface area (Å²) in [5.41, 5.74) is 4.61. The fraction of sp³-hybridized carbons (Fsp3) is 0.235. The van der Waals surface area contributed by atoms with E-state index in [1.54, 1.807) is 16.7 Å². The molecule has 0 saturated carbocycles. The number of hydrogen-bond acceptors (Lipinski definition) is 2. The van der Waals surface area contributed by atoms with Crippen LogP contribution in [0.4, 0.5) is 5.69 Å². The van der Waals surface area contributed by atoms with Crippen molar-refractivity contribution in [1.29, 1.82) is 0 Å². The number of hydrogen-bond donors (Lipinski definition) is 0. The molecule has 1 aliphatic rings. The number of nitrogens with zero attached hydrogens (tertiary/aromatic N) is 1. The highest BCUT2D eigenvalue weighted by atomic mass is 79.9. The Morgan fingerprint density at radius 1 is 1.24 bits per heavy atom. The molecule has 108 valence electrons. The largest absolute Gasteiger partial charge is 0.315 e. The molecule has 0 radical (unpaired) electrons. The van der Waals surface area contributed by atoms with Gasteiger partial charge >= 0.3 is 0 Å². The molecule has 1 heterocycles. The maximum atomic E-state index is 11.8. The zero-order valence-corrected chi connectivity index (χ0v) is 14.4. The van der Waals surface area contributed by atoms with Gasteiger partial charge in [0.2, 0.25) is 5.91 Å². The van der Waals surface area contributed by atoms with Crippen molar-refractivity contribution in [3.8, 4) is 0 Å². The number of alkyl halides is 1. The Morgan fingerprint density at radius 2 is 2.00 bits per heavy atom. The van der Waals surface area contributed by atoms with Crippen LogP contribution in [0.25, 0.3) is 0 Å². The molecule has 0 spiro atoms.